The summed E-state index contributed by atoms with van der Waals surface area (Å²) in [6.45, 7) is 0. The molecule has 0 aliphatic heterocycles. The molecule has 3 rings (SSSR count). The Bertz CT molecular complexity index is 854. The van der Waals surface area contributed by atoms with Gasteiger partial charge in [0.05, 0.1) is 0 Å². The summed E-state index contributed by atoms with van der Waals surface area (Å²) < 4.78 is 182. The van der Waals surface area contributed by atoms with Crippen LogP contribution in [0.4, 0.5) is 71.5 Å². The van der Waals surface area contributed by atoms with Gasteiger partial charge in [-0.05, 0) is 0 Å². The van der Waals surface area contributed by atoms with E-state index in [-0.39, 0.29) is 0 Å². The first-order valence-electron chi connectivity index (χ1n) is 8.07. The Hall–Kier alpha value is -3.99. The quantitative estimate of drug-likeness (QED) is 0.136. The summed E-state index contributed by atoms with van der Waals surface area (Å²) in [5, 5.41) is 16.6. The number of rotatable bonds is 0. The van der Waals surface area contributed by atoms with Gasteiger partial charge in [0, 0.05) is 0 Å². The highest BCUT2D eigenvalue weighted by molar-refractivity contribution is 5.42. The normalized spacial score (nSPS) is 10.4. The minimum absolute atomic E-state index is 1.37. The first-order valence-corrected chi connectivity index (χ1v) is 8.07. The van der Waals surface area contributed by atoms with Crippen LogP contribution in [-0.4, -0.2) is 10.2 Å². The van der Waals surface area contributed by atoms with Crippen LogP contribution in [0.3, 0.4) is 0 Å². The third-order valence-corrected chi connectivity index (χ3v) is 3.62. The van der Waals surface area contributed by atoms with E-state index >= 15 is 0 Å². The number of nitrogens with two attached hydrogens (primary N) is 1. The van der Waals surface area contributed by atoms with E-state index in [0.29, 0.717) is 0 Å². The van der Waals surface area contributed by atoms with Gasteiger partial charge in [-0.15, -0.1) is 0 Å². The Balaban J connectivity index is 0.000000270. The van der Waals surface area contributed by atoms with E-state index in [9.17, 15) is 65.9 Å². The topological polar surface area (TPSA) is 66.5 Å². The Labute approximate surface area is 187 Å². The summed E-state index contributed by atoms with van der Waals surface area (Å²) in [5.41, 5.74) is 3.19. The molecule has 0 heterocycles. The van der Waals surface area contributed by atoms with Crippen LogP contribution in [0.1, 0.15) is 0 Å². The molecule has 3 aromatic rings. The Morgan fingerprint density at radius 1 is 0.278 bits per heavy atom. The lowest BCUT2D eigenvalue weighted by Gasteiger charge is -2.02. The van der Waals surface area contributed by atoms with Crippen LogP contribution in [0.2, 0.25) is 0 Å². The van der Waals surface area contributed by atoms with Crippen LogP contribution in [0.5, 0.6) is 11.5 Å². The van der Waals surface area contributed by atoms with Crippen molar-refractivity contribution in [1.29, 1.82) is 0 Å². The number of anilines is 1. The van der Waals surface area contributed by atoms with Crippen molar-refractivity contribution in [2.24, 2.45) is 0 Å². The largest absolute Gasteiger partial charge is 0.503 e. The lowest BCUT2D eigenvalue weighted by molar-refractivity contribution is 0.325. The second-order valence-corrected chi connectivity index (χ2v) is 5.82. The minimum Gasteiger partial charge on any atom is -0.503 e. The molecule has 0 saturated carbocycles. The molecule has 0 radical (unpaired) electrons. The Morgan fingerprint density at radius 2 is 0.417 bits per heavy atom. The molecular formula is C18H4F15NO2. The molecule has 0 bridgehead atoms. The van der Waals surface area contributed by atoms with Gasteiger partial charge in [-0.25, -0.2) is 48.3 Å². The zero-order chi connectivity index (χ0) is 28.4. The average molecular weight is 551 g/mol. The maximum Gasteiger partial charge on any atom is 0.206 e. The molecule has 0 unspecified atom stereocenters. The lowest BCUT2D eigenvalue weighted by Crippen LogP contribution is -2.05. The van der Waals surface area contributed by atoms with Gasteiger partial charge in [-0.3, -0.25) is 0 Å². The van der Waals surface area contributed by atoms with Crippen LogP contribution in [-0.2, 0) is 0 Å². The molecule has 0 spiro atoms. The van der Waals surface area contributed by atoms with Gasteiger partial charge >= 0.3 is 0 Å². The van der Waals surface area contributed by atoms with E-state index in [1.54, 1.807) is 0 Å². The second kappa shape index (κ2) is 11.2. The smallest absolute Gasteiger partial charge is 0.206 e. The molecule has 0 aromatic heterocycles. The molecule has 18 heteroatoms. The SMILES string of the molecule is Nc1c(F)c(F)c(F)c(F)c1F.Oc1c(F)c(F)c(F)c(F)c1F.Oc1c(F)c(F)c(F)c(F)c1F. The maximum atomic E-state index is 12.3. The van der Waals surface area contributed by atoms with Crippen LogP contribution in [0.25, 0.3) is 0 Å². The summed E-state index contributed by atoms with van der Waals surface area (Å²) in [6.07, 6.45) is 0. The molecule has 0 saturated heterocycles. The predicted molar refractivity (Wildman–Crippen MR) is 86.4 cm³/mol. The van der Waals surface area contributed by atoms with Crippen LogP contribution < -0.4 is 5.73 Å². The van der Waals surface area contributed by atoms with E-state index < -0.39 is 104 Å². The number of hydrogen-bond acceptors (Lipinski definition) is 3. The highest BCUT2D eigenvalue weighted by atomic mass is 19.2. The first-order chi connectivity index (χ1) is 16.4. The summed E-state index contributed by atoms with van der Waals surface area (Å²) in [4.78, 5) is 0. The molecule has 0 aliphatic rings. The highest BCUT2D eigenvalue weighted by Crippen LogP contribution is 2.28. The predicted octanol–water partition coefficient (Wildman–Crippen LogP) is 6.14. The van der Waals surface area contributed by atoms with E-state index in [1.807, 2.05) is 0 Å². The van der Waals surface area contributed by atoms with Crippen molar-refractivity contribution >= 4 is 5.69 Å². The highest BCUT2D eigenvalue weighted by Gasteiger charge is 2.26. The van der Waals surface area contributed by atoms with Crippen molar-refractivity contribution in [2.45, 2.75) is 0 Å². The monoisotopic (exact) mass is 551 g/mol. The van der Waals surface area contributed by atoms with E-state index in [4.69, 9.17) is 10.2 Å². The van der Waals surface area contributed by atoms with Crippen LogP contribution >= 0.6 is 0 Å². The van der Waals surface area contributed by atoms with Crippen LogP contribution in [0, 0.1) is 87.3 Å². The minimum atomic E-state index is -2.29. The molecule has 0 fully saturated rings. The Kier molecular flexibility index (Phi) is 9.32. The number of benzene rings is 3. The number of aromatic hydroxyl groups is 2. The summed E-state index contributed by atoms with van der Waals surface area (Å²) in [5.74, 6) is -36.2. The average Bonchev–Trinajstić information content (AvgIpc) is 2.87. The second-order valence-electron chi connectivity index (χ2n) is 5.82. The van der Waals surface area contributed by atoms with Crippen LogP contribution in [0.15, 0.2) is 0 Å². The van der Waals surface area contributed by atoms with Crippen molar-refractivity contribution in [1.82, 2.24) is 0 Å². The molecule has 3 aromatic carbocycles. The standard InChI is InChI=1S/C6H2F5N.2C6HF5O/c3*7-1-2(8)4(10)6(12)5(11)3(1)9/h12H2;2*12H. The van der Waals surface area contributed by atoms with Gasteiger partial charge in [0.1, 0.15) is 5.69 Å². The van der Waals surface area contributed by atoms with Crippen molar-refractivity contribution in [3.8, 4) is 11.5 Å². The number of phenolic OH excluding ortho intramolecular Hbond substituents is 2. The molecule has 36 heavy (non-hydrogen) atoms. The van der Waals surface area contributed by atoms with Gasteiger partial charge in [-0.2, -0.15) is 17.6 Å². The van der Waals surface area contributed by atoms with Crippen molar-refractivity contribution < 1.29 is 76.1 Å². The molecule has 4 N–H and O–H groups in total. The first kappa shape index (κ1) is 30.0. The van der Waals surface area contributed by atoms with E-state index in [1.165, 1.54) is 0 Å². The number of hydrogen-bond donors (Lipinski definition) is 3. The zero-order valence-corrected chi connectivity index (χ0v) is 16.1. The molecule has 0 atom stereocenters. The van der Waals surface area contributed by atoms with Crippen molar-refractivity contribution in [3.05, 3.63) is 87.3 Å². The molecular weight excluding hydrogens is 547 g/mol. The van der Waals surface area contributed by atoms with Gasteiger partial charge < -0.3 is 15.9 Å². The van der Waals surface area contributed by atoms with Gasteiger partial charge in [0.25, 0.3) is 0 Å². The fraction of sp³-hybridized carbons (Fsp3) is 0. The van der Waals surface area contributed by atoms with Crippen molar-refractivity contribution in [2.75, 3.05) is 5.73 Å². The third-order valence-electron chi connectivity index (χ3n) is 3.62. The molecule has 198 valence electrons. The van der Waals surface area contributed by atoms with Gasteiger partial charge in [0.2, 0.25) is 64.0 Å². The molecule has 3 nitrogen and oxygen atoms in total. The van der Waals surface area contributed by atoms with Crippen molar-refractivity contribution in [3.63, 3.8) is 0 Å². The van der Waals surface area contributed by atoms with Gasteiger partial charge in [0.15, 0.2) is 34.8 Å². The fourth-order valence-corrected chi connectivity index (χ4v) is 1.81. The van der Waals surface area contributed by atoms with E-state index in [2.05, 4.69) is 5.73 Å². The van der Waals surface area contributed by atoms with E-state index in [0.717, 1.165) is 0 Å². The van der Waals surface area contributed by atoms with Gasteiger partial charge in [-0.1, -0.05) is 0 Å². The fourth-order valence-electron chi connectivity index (χ4n) is 1.81. The lowest BCUT2D eigenvalue weighted by atomic mass is 10.2. The number of phenols is 2. The summed E-state index contributed by atoms with van der Waals surface area (Å²) in [6, 6.07) is 0. The summed E-state index contributed by atoms with van der Waals surface area (Å²) >= 11 is 0. The summed E-state index contributed by atoms with van der Waals surface area (Å²) in [7, 11) is 0. The Morgan fingerprint density at radius 3 is 0.611 bits per heavy atom. The number of halogens is 15. The number of nitrogen functional groups attached to an aromatic ring is 1. The molecule has 0 amide bonds. The third kappa shape index (κ3) is 5.46. The molecule has 0 aliphatic carbocycles. The zero-order valence-electron chi connectivity index (χ0n) is 16.1. The maximum absolute atomic E-state index is 12.3.